The van der Waals surface area contributed by atoms with Gasteiger partial charge in [-0.05, 0) is 24.6 Å². The molecular weight excluding hydrogens is 228 g/mol. The molecule has 0 saturated carbocycles. The summed E-state index contributed by atoms with van der Waals surface area (Å²) in [5, 5.41) is 11.4. The van der Waals surface area contributed by atoms with Crippen LogP contribution in [0.25, 0.3) is 0 Å². The van der Waals surface area contributed by atoms with Crippen molar-refractivity contribution in [1.29, 1.82) is 0 Å². The van der Waals surface area contributed by atoms with E-state index < -0.39 is 17.6 Å². The number of aliphatic hydroxyl groups is 1. The lowest BCUT2D eigenvalue weighted by Gasteiger charge is -2.12. The van der Waals surface area contributed by atoms with Crippen LogP contribution >= 0.6 is 0 Å². The molecule has 3 nitrogen and oxygen atoms in total. The average Bonchev–Trinajstić information content (AvgIpc) is 2.32. The summed E-state index contributed by atoms with van der Waals surface area (Å²) < 4.78 is 26.1. The molecule has 1 aromatic rings. The second-order valence-corrected chi connectivity index (χ2v) is 3.74. The van der Waals surface area contributed by atoms with Crippen LogP contribution < -0.4 is 5.32 Å². The van der Waals surface area contributed by atoms with E-state index >= 15 is 0 Å². The molecule has 0 radical (unpaired) electrons. The van der Waals surface area contributed by atoms with E-state index in [2.05, 4.69) is 5.32 Å². The molecule has 1 unspecified atom stereocenters. The molecule has 94 valence electrons. The van der Waals surface area contributed by atoms with Crippen molar-refractivity contribution < 1.29 is 18.7 Å². The third-order valence-corrected chi connectivity index (χ3v) is 2.54. The van der Waals surface area contributed by atoms with E-state index in [1.54, 1.807) is 6.92 Å². The molecule has 5 heteroatoms. The number of benzene rings is 1. The molecule has 0 aliphatic heterocycles. The van der Waals surface area contributed by atoms with E-state index in [9.17, 15) is 13.6 Å². The molecule has 17 heavy (non-hydrogen) atoms. The van der Waals surface area contributed by atoms with E-state index in [-0.39, 0.29) is 24.6 Å². The average molecular weight is 243 g/mol. The fourth-order valence-electron chi connectivity index (χ4n) is 1.40. The molecule has 0 aromatic heterocycles. The smallest absolute Gasteiger partial charge is 0.225 e. The minimum absolute atomic E-state index is 0.0844. The highest BCUT2D eigenvalue weighted by molar-refractivity contribution is 5.78. The molecular formula is C12H15F2NO2. The number of hydrogen-bond donors (Lipinski definition) is 2. The molecule has 0 heterocycles. The van der Waals surface area contributed by atoms with Gasteiger partial charge in [0.05, 0.1) is 12.5 Å². The molecule has 1 amide bonds. The van der Waals surface area contributed by atoms with E-state index in [0.717, 1.165) is 18.2 Å². The Kier molecular flexibility index (Phi) is 5.03. The van der Waals surface area contributed by atoms with Gasteiger partial charge in [-0.3, -0.25) is 4.79 Å². The Morgan fingerprint density at radius 3 is 2.76 bits per heavy atom. The Balaban J connectivity index is 2.61. The summed E-state index contributed by atoms with van der Waals surface area (Å²) in [6.45, 7) is 1.43. The van der Waals surface area contributed by atoms with Crippen molar-refractivity contribution in [2.24, 2.45) is 5.92 Å². The number of hydrogen-bond acceptors (Lipinski definition) is 2. The molecule has 0 bridgehead atoms. The van der Waals surface area contributed by atoms with Gasteiger partial charge in [-0.1, -0.05) is 6.92 Å². The quantitative estimate of drug-likeness (QED) is 0.825. The third-order valence-electron chi connectivity index (χ3n) is 2.54. The molecule has 0 aliphatic carbocycles. The van der Waals surface area contributed by atoms with Crippen molar-refractivity contribution in [1.82, 2.24) is 5.32 Å². The lowest BCUT2D eigenvalue weighted by Crippen LogP contribution is -2.32. The Morgan fingerprint density at radius 1 is 1.47 bits per heavy atom. The van der Waals surface area contributed by atoms with Crippen LogP contribution in [-0.2, 0) is 11.3 Å². The Hall–Kier alpha value is -1.49. The van der Waals surface area contributed by atoms with Gasteiger partial charge in [-0.25, -0.2) is 8.78 Å². The van der Waals surface area contributed by atoms with Crippen molar-refractivity contribution >= 4 is 5.91 Å². The Bertz CT molecular complexity index is 392. The fraction of sp³-hybridized carbons (Fsp3) is 0.417. The second kappa shape index (κ2) is 6.30. The molecule has 0 saturated heterocycles. The Morgan fingerprint density at radius 2 is 2.18 bits per heavy atom. The Labute approximate surface area is 98.5 Å². The predicted molar refractivity (Wildman–Crippen MR) is 59.1 cm³/mol. The highest BCUT2D eigenvalue weighted by Gasteiger charge is 2.15. The summed E-state index contributed by atoms with van der Waals surface area (Å²) in [7, 11) is 0. The summed E-state index contributed by atoms with van der Waals surface area (Å²) in [6, 6.07) is 3.07. The normalized spacial score (nSPS) is 12.2. The van der Waals surface area contributed by atoms with Crippen molar-refractivity contribution in [2.75, 3.05) is 6.61 Å². The highest BCUT2D eigenvalue weighted by atomic mass is 19.1. The SMILES string of the molecule is CCC(CO)C(=O)NCc1cc(F)ccc1F. The van der Waals surface area contributed by atoms with Crippen molar-refractivity contribution in [3.8, 4) is 0 Å². The summed E-state index contributed by atoms with van der Waals surface area (Å²) >= 11 is 0. The largest absolute Gasteiger partial charge is 0.396 e. The number of aliphatic hydroxyl groups excluding tert-OH is 1. The highest BCUT2D eigenvalue weighted by Crippen LogP contribution is 2.10. The maximum absolute atomic E-state index is 13.2. The van der Waals surface area contributed by atoms with Crippen LogP contribution in [-0.4, -0.2) is 17.6 Å². The molecule has 0 fully saturated rings. The predicted octanol–water partition coefficient (Wildman–Crippen LogP) is 1.60. The number of halogens is 2. The fourth-order valence-corrected chi connectivity index (χ4v) is 1.40. The maximum Gasteiger partial charge on any atom is 0.225 e. The zero-order valence-corrected chi connectivity index (χ0v) is 9.54. The first-order chi connectivity index (χ1) is 8.08. The van der Waals surface area contributed by atoms with Gasteiger partial charge in [0, 0.05) is 12.1 Å². The van der Waals surface area contributed by atoms with E-state index in [4.69, 9.17) is 5.11 Å². The minimum atomic E-state index is -0.566. The van der Waals surface area contributed by atoms with Crippen molar-refractivity contribution in [3.63, 3.8) is 0 Å². The van der Waals surface area contributed by atoms with Gasteiger partial charge in [-0.2, -0.15) is 0 Å². The molecule has 1 atom stereocenters. The lowest BCUT2D eigenvalue weighted by molar-refractivity contribution is -0.126. The summed E-state index contributed by atoms with van der Waals surface area (Å²) in [5.41, 5.74) is 0.0890. The zero-order valence-electron chi connectivity index (χ0n) is 9.54. The molecule has 1 aromatic carbocycles. The first-order valence-electron chi connectivity index (χ1n) is 5.41. The first kappa shape index (κ1) is 13.6. The van der Waals surface area contributed by atoms with Crippen molar-refractivity contribution in [2.45, 2.75) is 19.9 Å². The van der Waals surface area contributed by atoms with Gasteiger partial charge in [0.25, 0.3) is 0 Å². The van der Waals surface area contributed by atoms with Gasteiger partial charge < -0.3 is 10.4 Å². The zero-order chi connectivity index (χ0) is 12.8. The van der Waals surface area contributed by atoms with Crippen LogP contribution in [0.5, 0.6) is 0 Å². The second-order valence-electron chi connectivity index (χ2n) is 3.74. The summed E-state index contributed by atoms with van der Waals surface area (Å²) in [6.07, 6.45) is 0.494. The maximum atomic E-state index is 13.2. The molecule has 1 rings (SSSR count). The summed E-state index contributed by atoms with van der Waals surface area (Å²) in [4.78, 5) is 11.5. The minimum Gasteiger partial charge on any atom is -0.396 e. The molecule has 0 aliphatic rings. The topological polar surface area (TPSA) is 49.3 Å². The van der Waals surface area contributed by atoms with Gasteiger partial charge in [0.15, 0.2) is 0 Å². The summed E-state index contributed by atoms with van der Waals surface area (Å²) in [5.74, 6) is -1.99. The van der Waals surface area contributed by atoms with Crippen LogP contribution in [0.15, 0.2) is 18.2 Å². The number of amides is 1. The van der Waals surface area contributed by atoms with Crippen LogP contribution in [0.3, 0.4) is 0 Å². The monoisotopic (exact) mass is 243 g/mol. The first-order valence-corrected chi connectivity index (χ1v) is 5.41. The van der Waals surface area contributed by atoms with Gasteiger partial charge in [-0.15, -0.1) is 0 Å². The number of rotatable bonds is 5. The van der Waals surface area contributed by atoms with Gasteiger partial charge >= 0.3 is 0 Å². The molecule has 2 N–H and O–H groups in total. The molecule has 0 spiro atoms. The van der Waals surface area contributed by atoms with E-state index in [0.29, 0.717) is 6.42 Å². The van der Waals surface area contributed by atoms with Gasteiger partial charge in [0.2, 0.25) is 5.91 Å². The number of nitrogens with one attached hydrogen (secondary N) is 1. The van der Waals surface area contributed by atoms with E-state index in [1.807, 2.05) is 0 Å². The van der Waals surface area contributed by atoms with Crippen molar-refractivity contribution in [3.05, 3.63) is 35.4 Å². The van der Waals surface area contributed by atoms with Crippen LogP contribution in [0, 0.1) is 17.6 Å². The van der Waals surface area contributed by atoms with Crippen LogP contribution in [0.1, 0.15) is 18.9 Å². The number of carbonyl (C=O) groups excluding carboxylic acids is 1. The van der Waals surface area contributed by atoms with Crippen LogP contribution in [0.2, 0.25) is 0 Å². The lowest BCUT2D eigenvalue weighted by atomic mass is 10.1. The third kappa shape index (κ3) is 3.78. The number of carbonyl (C=O) groups is 1. The van der Waals surface area contributed by atoms with Gasteiger partial charge in [0.1, 0.15) is 11.6 Å². The standard InChI is InChI=1S/C12H15F2NO2/c1-2-8(7-16)12(17)15-6-9-5-10(13)3-4-11(9)14/h3-5,8,16H,2,6-7H2,1H3,(H,15,17). The van der Waals surface area contributed by atoms with Crippen LogP contribution in [0.4, 0.5) is 8.78 Å². The van der Waals surface area contributed by atoms with E-state index in [1.165, 1.54) is 0 Å².